The second-order valence-electron chi connectivity index (χ2n) is 6.25. The summed E-state index contributed by atoms with van der Waals surface area (Å²) >= 11 is 0. The molecule has 2 atom stereocenters. The van der Waals surface area contributed by atoms with Gasteiger partial charge in [-0.15, -0.1) is 0 Å². The molecule has 0 fully saturated rings. The third kappa shape index (κ3) is 2.97. The van der Waals surface area contributed by atoms with Gasteiger partial charge >= 0.3 is 0 Å². The van der Waals surface area contributed by atoms with Crippen LogP contribution >= 0.6 is 0 Å². The number of carbonyl (C=O) groups is 1. The van der Waals surface area contributed by atoms with Crippen LogP contribution < -0.4 is 0 Å². The molecule has 1 aromatic heterocycles. The van der Waals surface area contributed by atoms with Crippen LogP contribution in [0.25, 0.3) is 0 Å². The number of rotatable bonds is 4. The number of hydrogen-bond acceptors (Lipinski definition) is 4. The number of aliphatic hydroxyl groups excluding tert-OH is 1. The first-order valence-corrected chi connectivity index (χ1v) is 9.76. The van der Waals surface area contributed by atoms with Gasteiger partial charge in [0, 0.05) is 24.6 Å². The molecule has 0 saturated heterocycles. The van der Waals surface area contributed by atoms with E-state index in [1.807, 2.05) is 31.2 Å². The minimum Gasteiger partial charge on any atom is -0.395 e. The Hall–Kier alpha value is -2.12. The van der Waals surface area contributed by atoms with Gasteiger partial charge in [-0.2, -0.15) is 9.19 Å². The Morgan fingerprint density at radius 1 is 1.42 bits per heavy atom. The summed E-state index contributed by atoms with van der Waals surface area (Å²) in [7, 11) is -2.43. The van der Waals surface area contributed by atoms with E-state index in [1.165, 1.54) is 10.3 Å². The Morgan fingerprint density at radius 2 is 2.12 bits per heavy atom. The van der Waals surface area contributed by atoms with E-state index < -0.39 is 15.6 Å². The van der Waals surface area contributed by atoms with E-state index >= 15 is 0 Å². The van der Waals surface area contributed by atoms with E-state index in [2.05, 4.69) is 11.0 Å². The molecule has 0 aliphatic carbocycles. The summed E-state index contributed by atoms with van der Waals surface area (Å²) in [5, 5.41) is 14.0. The standard InChI is InChI=1S/C17H21N3O3S/c1-12-6-4-5-7-14(12)15(11-21)17(22)19-8-13-9-20(24(2,3)23)18-16(13)10-19/h4-7,9,15,21H,2,8,10-11H2,1,3H3/t15-,24?/m0/s1. The SMILES string of the molecule is C=S(C)(=O)n1cc2c(n1)CN(C(=O)[C@@H](CO)c1ccccc1C)C2. The highest BCUT2D eigenvalue weighted by atomic mass is 32.2. The molecule has 1 unspecified atom stereocenters. The van der Waals surface area contributed by atoms with Gasteiger partial charge in [-0.1, -0.05) is 24.3 Å². The van der Waals surface area contributed by atoms with Crippen molar-refractivity contribution in [3.8, 4) is 0 Å². The number of hydrogen-bond donors (Lipinski definition) is 1. The minimum absolute atomic E-state index is 0.122. The molecule has 0 saturated carbocycles. The summed E-state index contributed by atoms with van der Waals surface area (Å²) < 4.78 is 13.3. The fraction of sp³-hybridized carbons (Fsp3) is 0.353. The number of amides is 1. The van der Waals surface area contributed by atoms with Crippen molar-refractivity contribution in [2.75, 3.05) is 12.9 Å². The van der Waals surface area contributed by atoms with Crippen molar-refractivity contribution < 1.29 is 14.1 Å². The molecule has 0 radical (unpaired) electrons. The summed E-state index contributed by atoms with van der Waals surface area (Å²) in [6.07, 6.45) is 3.22. The van der Waals surface area contributed by atoms with E-state index in [0.717, 1.165) is 22.4 Å². The molecular formula is C17H21N3O3S. The zero-order chi connectivity index (χ0) is 17.5. The number of fused-ring (bicyclic) bond motifs is 1. The molecule has 0 bridgehead atoms. The molecule has 7 heteroatoms. The smallest absolute Gasteiger partial charge is 0.233 e. The van der Waals surface area contributed by atoms with Crippen LogP contribution in [0.2, 0.25) is 0 Å². The Kier molecular flexibility index (Phi) is 4.23. The summed E-state index contributed by atoms with van der Waals surface area (Å²) in [4.78, 5) is 14.5. The largest absolute Gasteiger partial charge is 0.395 e. The van der Waals surface area contributed by atoms with Gasteiger partial charge in [0.25, 0.3) is 0 Å². The van der Waals surface area contributed by atoms with E-state index in [0.29, 0.717) is 13.1 Å². The van der Waals surface area contributed by atoms with Crippen LogP contribution in [0.4, 0.5) is 0 Å². The molecular weight excluding hydrogens is 326 g/mol. The zero-order valence-electron chi connectivity index (χ0n) is 13.8. The third-order valence-corrected chi connectivity index (χ3v) is 5.29. The Labute approximate surface area is 141 Å². The molecule has 1 aliphatic rings. The van der Waals surface area contributed by atoms with Crippen molar-refractivity contribution >= 4 is 21.5 Å². The summed E-state index contributed by atoms with van der Waals surface area (Å²) in [5.41, 5.74) is 3.44. The topological polar surface area (TPSA) is 75.4 Å². The highest BCUT2D eigenvalue weighted by molar-refractivity contribution is 7.98. The molecule has 2 heterocycles. The molecule has 0 spiro atoms. The number of aromatic nitrogens is 2. The predicted molar refractivity (Wildman–Crippen MR) is 94.1 cm³/mol. The monoisotopic (exact) mass is 347 g/mol. The summed E-state index contributed by atoms with van der Waals surface area (Å²) in [6.45, 7) is 2.46. The first kappa shape index (κ1) is 16.7. The number of carbonyl (C=O) groups excluding carboxylic acids is 1. The average molecular weight is 347 g/mol. The minimum atomic E-state index is -2.43. The number of nitrogens with zero attached hydrogens (tertiary/aromatic N) is 3. The highest BCUT2D eigenvalue weighted by Gasteiger charge is 2.32. The molecule has 6 nitrogen and oxygen atoms in total. The van der Waals surface area contributed by atoms with Crippen LogP contribution in [0.5, 0.6) is 0 Å². The molecule has 1 N–H and O–H groups in total. The molecule has 1 amide bonds. The van der Waals surface area contributed by atoms with Crippen LogP contribution in [-0.2, 0) is 27.6 Å². The third-order valence-electron chi connectivity index (χ3n) is 4.31. The number of aryl methyl sites for hydroxylation is 1. The fourth-order valence-electron chi connectivity index (χ4n) is 2.99. The van der Waals surface area contributed by atoms with Gasteiger partial charge in [-0.25, -0.2) is 4.21 Å². The average Bonchev–Trinajstić information content (AvgIpc) is 3.08. The van der Waals surface area contributed by atoms with E-state index in [9.17, 15) is 14.1 Å². The molecule has 3 rings (SSSR count). The lowest BCUT2D eigenvalue weighted by molar-refractivity contribution is -0.134. The van der Waals surface area contributed by atoms with Crippen molar-refractivity contribution in [2.45, 2.75) is 25.9 Å². The molecule has 2 aromatic rings. The molecule has 24 heavy (non-hydrogen) atoms. The Balaban J connectivity index is 1.81. The van der Waals surface area contributed by atoms with Gasteiger partial charge in [0.15, 0.2) is 0 Å². The van der Waals surface area contributed by atoms with Crippen LogP contribution in [0.1, 0.15) is 28.3 Å². The van der Waals surface area contributed by atoms with Crippen LogP contribution in [0.15, 0.2) is 30.5 Å². The van der Waals surface area contributed by atoms with Gasteiger partial charge in [-0.3, -0.25) is 4.79 Å². The lowest BCUT2D eigenvalue weighted by atomic mass is 9.94. The van der Waals surface area contributed by atoms with Gasteiger partial charge < -0.3 is 10.0 Å². The first-order chi connectivity index (χ1) is 11.3. The Morgan fingerprint density at radius 3 is 2.71 bits per heavy atom. The van der Waals surface area contributed by atoms with E-state index in [4.69, 9.17) is 0 Å². The number of benzene rings is 1. The van der Waals surface area contributed by atoms with Gasteiger partial charge in [0.05, 0.1) is 34.5 Å². The van der Waals surface area contributed by atoms with E-state index in [1.54, 1.807) is 11.1 Å². The van der Waals surface area contributed by atoms with Crippen LogP contribution in [0.3, 0.4) is 0 Å². The lowest BCUT2D eigenvalue weighted by Gasteiger charge is -2.23. The second kappa shape index (κ2) is 6.07. The molecule has 128 valence electrons. The number of aliphatic hydroxyl groups is 1. The van der Waals surface area contributed by atoms with Gasteiger partial charge in [0.1, 0.15) is 0 Å². The van der Waals surface area contributed by atoms with E-state index in [-0.39, 0.29) is 12.5 Å². The fourth-order valence-corrected chi connectivity index (χ4v) is 3.61. The Bertz CT molecular complexity index is 863. The van der Waals surface area contributed by atoms with Crippen molar-refractivity contribution in [1.29, 1.82) is 0 Å². The van der Waals surface area contributed by atoms with Crippen LogP contribution in [0, 0.1) is 6.92 Å². The maximum Gasteiger partial charge on any atom is 0.233 e. The van der Waals surface area contributed by atoms with Crippen LogP contribution in [-0.4, -0.2) is 48.0 Å². The maximum absolute atomic E-state index is 12.8. The van der Waals surface area contributed by atoms with Gasteiger partial charge in [-0.05, 0) is 23.9 Å². The van der Waals surface area contributed by atoms with Crippen molar-refractivity contribution in [2.24, 2.45) is 0 Å². The molecule has 1 aliphatic heterocycles. The maximum atomic E-state index is 12.8. The van der Waals surface area contributed by atoms with Crippen molar-refractivity contribution in [1.82, 2.24) is 14.1 Å². The second-order valence-corrected chi connectivity index (χ2v) is 8.54. The van der Waals surface area contributed by atoms with Gasteiger partial charge in [0.2, 0.25) is 5.91 Å². The quantitative estimate of drug-likeness (QED) is 0.835. The predicted octanol–water partition coefficient (Wildman–Crippen LogP) is 0.919. The summed E-state index contributed by atoms with van der Waals surface area (Å²) in [5.74, 6) is 2.91. The zero-order valence-corrected chi connectivity index (χ0v) is 14.6. The normalized spacial score (nSPS) is 17.4. The lowest BCUT2D eigenvalue weighted by Crippen LogP contribution is -2.33. The van der Waals surface area contributed by atoms with Crippen molar-refractivity contribution in [3.63, 3.8) is 0 Å². The highest BCUT2D eigenvalue weighted by Crippen LogP contribution is 2.28. The first-order valence-electron chi connectivity index (χ1n) is 7.66. The summed E-state index contributed by atoms with van der Waals surface area (Å²) in [6, 6.07) is 7.58. The molecule has 1 aromatic carbocycles. The van der Waals surface area contributed by atoms with Crippen molar-refractivity contribution in [3.05, 3.63) is 52.8 Å².